The molecular weight excluding hydrogens is 286 g/mol. The Morgan fingerprint density at radius 1 is 1.47 bits per heavy atom. The minimum Gasteiger partial charge on any atom is -0.504 e. The van der Waals surface area contributed by atoms with Gasteiger partial charge in [0, 0.05) is 0 Å². The highest BCUT2D eigenvalue weighted by Gasteiger charge is 2.16. The molecule has 0 spiro atoms. The number of fused-ring (bicyclic) bond motifs is 1. The Morgan fingerprint density at radius 2 is 2.18 bits per heavy atom. The predicted octanol–water partition coefficient (Wildman–Crippen LogP) is 3.03. The van der Waals surface area contributed by atoms with E-state index >= 15 is 0 Å². The number of aromatic nitrogens is 1. The molecular formula is C9H5Cl2N2O3P. The third-order valence-corrected chi connectivity index (χ3v) is 2.79. The molecule has 88 valence electrons. The Kier molecular flexibility index (Phi) is 3.33. The summed E-state index contributed by atoms with van der Waals surface area (Å²) in [6.45, 7) is 0.0473. The first kappa shape index (κ1) is 12.3. The smallest absolute Gasteiger partial charge is 0.348 e. The number of hydrogen-bond acceptors (Lipinski definition) is 5. The second-order valence-electron chi connectivity index (χ2n) is 3.12. The van der Waals surface area contributed by atoms with Crippen molar-refractivity contribution in [2.45, 2.75) is 6.54 Å². The number of hydrogen-bond donors (Lipinski definition) is 1. The minimum atomic E-state index is -0.697. The highest BCUT2D eigenvalue weighted by atomic mass is 35.5. The molecule has 0 aliphatic heterocycles. The number of benzene rings is 1. The van der Waals surface area contributed by atoms with E-state index in [9.17, 15) is 9.90 Å². The number of nitrogens with zero attached hydrogens (tertiary/aromatic N) is 2. The van der Waals surface area contributed by atoms with E-state index in [1.54, 1.807) is 0 Å². The molecule has 1 N–H and O–H groups in total. The summed E-state index contributed by atoms with van der Waals surface area (Å²) in [5, 5.41) is 9.81. The summed E-state index contributed by atoms with van der Waals surface area (Å²) < 4.78 is 8.47. The highest BCUT2D eigenvalue weighted by Crippen LogP contribution is 2.34. The van der Waals surface area contributed by atoms with Crippen LogP contribution in [0.1, 0.15) is 5.89 Å². The van der Waals surface area contributed by atoms with Crippen LogP contribution < -0.4 is 5.63 Å². The first-order valence-electron chi connectivity index (χ1n) is 4.38. The minimum absolute atomic E-state index is 0.00377. The zero-order valence-corrected chi connectivity index (χ0v) is 10.7. The molecule has 2 rings (SSSR count). The van der Waals surface area contributed by atoms with Gasteiger partial charge in [0.25, 0.3) is 0 Å². The molecule has 8 heteroatoms. The standard InChI is InChI=1S/C9H5Cl2N2O3P/c10-3-1-4(11)8(14)7-6(3)9(15)16-5(13-7)2-12-17/h1,14,17H,2H2. The molecule has 1 aromatic carbocycles. The van der Waals surface area contributed by atoms with Crippen LogP contribution in [0.2, 0.25) is 10.0 Å². The molecule has 0 aliphatic rings. The predicted molar refractivity (Wildman–Crippen MR) is 66.4 cm³/mol. The van der Waals surface area contributed by atoms with Crippen molar-refractivity contribution >= 4 is 43.1 Å². The van der Waals surface area contributed by atoms with Crippen molar-refractivity contribution in [2.24, 2.45) is 4.74 Å². The highest BCUT2D eigenvalue weighted by molar-refractivity contribution is 7.03. The maximum absolute atomic E-state index is 11.7. The largest absolute Gasteiger partial charge is 0.504 e. The van der Waals surface area contributed by atoms with Crippen LogP contribution in [0.5, 0.6) is 5.75 Å². The normalized spacial score (nSPS) is 10.7. The van der Waals surface area contributed by atoms with E-state index in [1.165, 1.54) is 6.07 Å². The van der Waals surface area contributed by atoms with Crippen LogP contribution in [0, 0.1) is 0 Å². The first-order valence-corrected chi connectivity index (χ1v) is 5.59. The van der Waals surface area contributed by atoms with Crippen LogP contribution in [0.25, 0.3) is 10.9 Å². The van der Waals surface area contributed by atoms with Crippen molar-refractivity contribution in [3.63, 3.8) is 0 Å². The molecule has 2 aromatic rings. The quantitative estimate of drug-likeness (QED) is 0.863. The zero-order valence-electron chi connectivity index (χ0n) is 8.20. The Morgan fingerprint density at radius 3 is 2.82 bits per heavy atom. The molecule has 1 aromatic heterocycles. The lowest BCUT2D eigenvalue weighted by atomic mass is 10.2. The van der Waals surface area contributed by atoms with Crippen molar-refractivity contribution in [2.75, 3.05) is 0 Å². The second kappa shape index (κ2) is 4.61. The summed E-state index contributed by atoms with van der Waals surface area (Å²) in [6, 6.07) is 1.26. The van der Waals surface area contributed by atoms with E-state index in [-0.39, 0.29) is 39.1 Å². The van der Waals surface area contributed by atoms with Crippen molar-refractivity contribution in [3.05, 3.63) is 32.4 Å². The average molecular weight is 291 g/mol. The fourth-order valence-corrected chi connectivity index (χ4v) is 2.01. The molecule has 0 saturated heterocycles. The fourth-order valence-electron chi connectivity index (χ4n) is 1.34. The summed E-state index contributed by atoms with van der Waals surface area (Å²) in [5.41, 5.74) is -0.693. The van der Waals surface area contributed by atoms with E-state index in [1.807, 2.05) is 0 Å². The summed E-state index contributed by atoms with van der Waals surface area (Å²) in [5.74, 6) is -0.264. The number of aromatic hydroxyl groups is 1. The van der Waals surface area contributed by atoms with Gasteiger partial charge in [-0.05, 0) is 15.1 Å². The number of rotatable bonds is 2. The maximum Gasteiger partial charge on any atom is 0.348 e. The molecule has 0 fully saturated rings. The third kappa shape index (κ3) is 2.14. The van der Waals surface area contributed by atoms with Gasteiger partial charge in [-0.15, -0.1) is 0 Å². The van der Waals surface area contributed by atoms with E-state index in [0.29, 0.717) is 0 Å². The van der Waals surface area contributed by atoms with Crippen LogP contribution >= 0.6 is 32.2 Å². The van der Waals surface area contributed by atoms with Crippen LogP contribution in [0.4, 0.5) is 0 Å². The molecule has 17 heavy (non-hydrogen) atoms. The molecule has 0 amide bonds. The van der Waals surface area contributed by atoms with E-state index < -0.39 is 5.63 Å². The molecule has 0 unspecified atom stereocenters. The van der Waals surface area contributed by atoms with Gasteiger partial charge in [-0.25, -0.2) is 9.78 Å². The van der Waals surface area contributed by atoms with Gasteiger partial charge in [-0.3, -0.25) is 4.74 Å². The van der Waals surface area contributed by atoms with Gasteiger partial charge in [0.05, 0.1) is 10.0 Å². The Bertz CT molecular complexity index is 671. The Hall–Kier alpha value is -1.16. The van der Waals surface area contributed by atoms with Crippen LogP contribution in [-0.4, -0.2) is 10.1 Å². The van der Waals surface area contributed by atoms with Gasteiger partial charge in [0.2, 0.25) is 5.89 Å². The zero-order chi connectivity index (χ0) is 12.6. The Balaban J connectivity index is 2.91. The lowest BCUT2D eigenvalue weighted by molar-refractivity contribution is 0.442. The molecule has 5 nitrogen and oxygen atoms in total. The lowest BCUT2D eigenvalue weighted by Crippen LogP contribution is -2.05. The number of phenols is 1. The van der Waals surface area contributed by atoms with Crippen LogP contribution in [0.15, 0.2) is 20.0 Å². The maximum atomic E-state index is 11.7. The molecule has 0 atom stereocenters. The van der Waals surface area contributed by atoms with Crippen LogP contribution in [0.3, 0.4) is 0 Å². The van der Waals surface area contributed by atoms with Gasteiger partial charge in [-0.1, -0.05) is 23.2 Å². The van der Waals surface area contributed by atoms with Crippen molar-refractivity contribution in [3.8, 4) is 5.75 Å². The van der Waals surface area contributed by atoms with Crippen molar-refractivity contribution < 1.29 is 9.52 Å². The first-order chi connectivity index (χ1) is 8.04. The van der Waals surface area contributed by atoms with Crippen molar-refractivity contribution in [1.82, 2.24) is 4.98 Å². The molecule has 1 heterocycles. The average Bonchev–Trinajstić information content (AvgIpc) is 2.25. The summed E-state index contributed by atoms with van der Waals surface area (Å²) in [4.78, 5) is 15.6. The topological polar surface area (TPSA) is 75.7 Å². The van der Waals surface area contributed by atoms with Gasteiger partial charge in [-0.2, -0.15) is 0 Å². The summed E-state index contributed by atoms with van der Waals surface area (Å²) in [7, 11) is 2.88. The van der Waals surface area contributed by atoms with E-state index in [4.69, 9.17) is 27.6 Å². The second-order valence-corrected chi connectivity index (χ2v) is 4.25. The number of phenolic OH excluding ortho intramolecular Hbond substituents is 1. The van der Waals surface area contributed by atoms with Crippen molar-refractivity contribution in [1.29, 1.82) is 0 Å². The SMILES string of the molecule is O=c1oc(CN=P)nc2c(O)c(Cl)cc(Cl)c12. The van der Waals surface area contributed by atoms with Gasteiger partial charge in [0.15, 0.2) is 5.75 Å². The lowest BCUT2D eigenvalue weighted by Gasteiger charge is -2.04. The third-order valence-electron chi connectivity index (χ3n) is 2.05. The van der Waals surface area contributed by atoms with Crippen LogP contribution in [-0.2, 0) is 6.54 Å². The van der Waals surface area contributed by atoms with Gasteiger partial charge < -0.3 is 9.52 Å². The molecule has 0 radical (unpaired) electrons. The Labute approximate surface area is 107 Å². The molecule has 0 saturated carbocycles. The summed E-state index contributed by atoms with van der Waals surface area (Å²) >= 11 is 11.6. The fraction of sp³-hybridized carbons (Fsp3) is 0.111. The summed E-state index contributed by atoms with van der Waals surface area (Å²) in [6.07, 6.45) is 0. The van der Waals surface area contributed by atoms with E-state index in [0.717, 1.165) is 0 Å². The van der Waals surface area contributed by atoms with Gasteiger partial charge >= 0.3 is 5.63 Å². The monoisotopic (exact) mass is 290 g/mol. The molecule has 0 bridgehead atoms. The van der Waals surface area contributed by atoms with E-state index in [2.05, 4.69) is 18.8 Å². The van der Waals surface area contributed by atoms with Gasteiger partial charge in [0.1, 0.15) is 17.4 Å². The molecule has 0 aliphatic carbocycles. The number of halogens is 2.